The quantitative estimate of drug-likeness (QED) is 0.799. The second kappa shape index (κ2) is 4.68. The van der Waals surface area contributed by atoms with Crippen molar-refractivity contribution in [1.82, 2.24) is 10.3 Å². The van der Waals surface area contributed by atoms with Gasteiger partial charge in [-0.15, -0.1) is 0 Å². The van der Waals surface area contributed by atoms with Crippen LogP contribution in [0.3, 0.4) is 0 Å². The number of H-pyrrole nitrogens is 1. The summed E-state index contributed by atoms with van der Waals surface area (Å²) in [5.74, 6) is 0. The molecule has 1 unspecified atom stereocenters. The van der Waals surface area contributed by atoms with Crippen molar-refractivity contribution in [3.8, 4) is 0 Å². The molecule has 1 aromatic heterocycles. The zero-order valence-corrected chi connectivity index (χ0v) is 9.71. The first-order valence-corrected chi connectivity index (χ1v) is 5.50. The number of likely N-dealkylation sites (N-methyl/N-ethyl adjacent to an activating group) is 1. The largest absolute Gasteiger partial charge is 0.361 e. The van der Waals surface area contributed by atoms with Crippen LogP contribution in [0.4, 0.5) is 0 Å². The van der Waals surface area contributed by atoms with E-state index in [1.165, 1.54) is 0 Å². The van der Waals surface area contributed by atoms with Gasteiger partial charge in [-0.05, 0) is 37.2 Å². The number of halogens is 1. The van der Waals surface area contributed by atoms with Gasteiger partial charge in [0.15, 0.2) is 0 Å². The van der Waals surface area contributed by atoms with Crippen LogP contribution in [0, 0.1) is 0 Å². The summed E-state index contributed by atoms with van der Waals surface area (Å²) in [4.78, 5) is 13.9. The number of carbonyl (C=O) groups is 1. The van der Waals surface area contributed by atoms with E-state index in [0.29, 0.717) is 11.4 Å². The highest BCUT2D eigenvalue weighted by atomic mass is 35.5. The van der Waals surface area contributed by atoms with Gasteiger partial charge in [-0.3, -0.25) is 0 Å². The third-order valence-corrected chi connectivity index (χ3v) is 2.94. The number of rotatable bonds is 4. The molecular weight excluding hydrogens is 224 g/mol. The predicted octanol–water partition coefficient (Wildman–Crippen LogP) is 2.15. The summed E-state index contributed by atoms with van der Waals surface area (Å²) < 4.78 is 0. The van der Waals surface area contributed by atoms with Crippen molar-refractivity contribution in [3.63, 3.8) is 0 Å². The third kappa shape index (κ3) is 2.10. The van der Waals surface area contributed by atoms with Crippen molar-refractivity contribution in [2.45, 2.75) is 12.5 Å². The van der Waals surface area contributed by atoms with Crippen molar-refractivity contribution in [3.05, 3.63) is 35.0 Å². The van der Waals surface area contributed by atoms with E-state index in [9.17, 15) is 4.79 Å². The summed E-state index contributed by atoms with van der Waals surface area (Å²) in [6, 6.07) is 5.55. The van der Waals surface area contributed by atoms with Crippen molar-refractivity contribution < 1.29 is 4.79 Å². The first-order valence-electron chi connectivity index (χ1n) is 5.12. The van der Waals surface area contributed by atoms with E-state index >= 15 is 0 Å². The van der Waals surface area contributed by atoms with E-state index < -0.39 is 0 Å². The van der Waals surface area contributed by atoms with Crippen LogP contribution in [0.2, 0.25) is 5.02 Å². The number of aldehydes is 1. The number of aromatic nitrogens is 1. The Balaban J connectivity index is 2.37. The lowest BCUT2D eigenvalue weighted by atomic mass is 10.1. The number of fused-ring (bicyclic) bond motifs is 1. The minimum Gasteiger partial charge on any atom is -0.361 e. The molecule has 1 aromatic carbocycles. The van der Waals surface area contributed by atoms with Gasteiger partial charge in [0.1, 0.15) is 6.29 Å². The summed E-state index contributed by atoms with van der Waals surface area (Å²) in [7, 11) is 1.78. The lowest BCUT2D eigenvalue weighted by Gasteiger charge is -2.07. The standard InChI is InChI=1S/C12H13ClN2O/c1-14-10(7-16)4-8-6-15-12-3-2-9(13)5-11(8)12/h2-3,5-7,10,14-15H,4H2,1H3. The molecule has 0 spiro atoms. The molecule has 2 aromatic rings. The van der Waals surface area contributed by atoms with Crippen LogP contribution in [0.5, 0.6) is 0 Å². The summed E-state index contributed by atoms with van der Waals surface area (Å²) in [6.07, 6.45) is 3.51. The van der Waals surface area contributed by atoms with E-state index in [4.69, 9.17) is 11.6 Å². The van der Waals surface area contributed by atoms with Crippen LogP contribution in [-0.4, -0.2) is 24.4 Å². The highest BCUT2D eigenvalue weighted by molar-refractivity contribution is 6.31. The number of carbonyl (C=O) groups excluding carboxylic acids is 1. The Kier molecular flexibility index (Phi) is 3.27. The number of benzene rings is 1. The fourth-order valence-electron chi connectivity index (χ4n) is 1.77. The van der Waals surface area contributed by atoms with Crippen molar-refractivity contribution in [2.24, 2.45) is 0 Å². The molecule has 0 bridgehead atoms. The van der Waals surface area contributed by atoms with E-state index in [0.717, 1.165) is 22.8 Å². The molecule has 3 nitrogen and oxygen atoms in total. The van der Waals surface area contributed by atoms with E-state index in [1.807, 2.05) is 24.4 Å². The maximum atomic E-state index is 10.8. The maximum Gasteiger partial charge on any atom is 0.137 e. The molecule has 16 heavy (non-hydrogen) atoms. The lowest BCUT2D eigenvalue weighted by molar-refractivity contribution is -0.109. The van der Waals surface area contributed by atoms with Crippen LogP contribution < -0.4 is 5.32 Å². The van der Waals surface area contributed by atoms with Crippen LogP contribution in [0.25, 0.3) is 10.9 Å². The maximum absolute atomic E-state index is 10.8. The third-order valence-electron chi connectivity index (χ3n) is 2.70. The predicted molar refractivity (Wildman–Crippen MR) is 65.9 cm³/mol. The van der Waals surface area contributed by atoms with E-state index in [1.54, 1.807) is 7.05 Å². The highest BCUT2D eigenvalue weighted by Crippen LogP contribution is 2.23. The van der Waals surface area contributed by atoms with E-state index in [-0.39, 0.29) is 6.04 Å². The summed E-state index contributed by atoms with van der Waals surface area (Å²) >= 11 is 5.95. The van der Waals surface area contributed by atoms with Gasteiger partial charge in [-0.25, -0.2) is 0 Å². The Morgan fingerprint density at radius 3 is 3.06 bits per heavy atom. The number of nitrogens with one attached hydrogen (secondary N) is 2. The molecule has 84 valence electrons. The molecule has 1 atom stereocenters. The topological polar surface area (TPSA) is 44.9 Å². The first-order chi connectivity index (χ1) is 7.74. The van der Waals surface area contributed by atoms with Gasteiger partial charge in [-0.1, -0.05) is 11.6 Å². The van der Waals surface area contributed by atoms with Crippen LogP contribution in [0.1, 0.15) is 5.56 Å². The number of hydrogen-bond acceptors (Lipinski definition) is 2. The van der Waals surface area contributed by atoms with Gasteiger partial charge in [-0.2, -0.15) is 0 Å². The van der Waals surface area contributed by atoms with Crippen molar-refractivity contribution in [1.29, 1.82) is 0 Å². The molecule has 0 saturated heterocycles. The molecule has 0 aliphatic carbocycles. The fraction of sp³-hybridized carbons (Fsp3) is 0.250. The second-order valence-electron chi connectivity index (χ2n) is 3.74. The Morgan fingerprint density at radius 1 is 1.56 bits per heavy atom. The SMILES string of the molecule is CNC(C=O)Cc1c[nH]c2ccc(Cl)cc12. The number of aromatic amines is 1. The molecule has 2 N–H and O–H groups in total. The second-order valence-corrected chi connectivity index (χ2v) is 4.18. The Labute approximate surface area is 98.8 Å². The molecule has 2 rings (SSSR count). The molecule has 0 fully saturated rings. The highest BCUT2D eigenvalue weighted by Gasteiger charge is 2.10. The molecular formula is C12H13ClN2O. The van der Waals surface area contributed by atoms with Gasteiger partial charge in [0, 0.05) is 22.1 Å². The van der Waals surface area contributed by atoms with Crippen LogP contribution >= 0.6 is 11.6 Å². The van der Waals surface area contributed by atoms with Gasteiger partial charge in [0.25, 0.3) is 0 Å². The monoisotopic (exact) mass is 236 g/mol. The first kappa shape index (κ1) is 11.2. The van der Waals surface area contributed by atoms with Crippen LogP contribution in [-0.2, 0) is 11.2 Å². The number of hydrogen-bond donors (Lipinski definition) is 2. The zero-order valence-electron chi connectivity index (χ0n) is 8.96. The smallest absolute Gasteiger partial charge is 0.137 e. The minimum absolute atomic E-state index is 0.155. The Hall–Kier alpha value is -1.32. The Morgan fingerprint density at radius 2 is 2.38 bits per heavy atom. The van der Waals surface area contributed by atoms with Gasteiger partial charge >= 0.3 is 0 Å². The molecule has 1 heterocycles. The molecule has 0 radical (unpaired) electrons. The van der Waals surface area contributed by atoms with Crippen molar-refractivity contribution >= 4 is 28.8 Å². The fourth-order valence-corrected chi connectivity index (χ4v) is 1.95. The molecule has 0 aliphatic heterocycles. The van der Waals surface area contributed by atoms with Gasteiger partial charge < -0.3 is 15.1 Å². The summed E-state index contributed by atoms with van der Waals surface area (Å²) in [6.45, 7) is 0. The van der Waals surface area contributed by atoms with E-state index in [2.05, 4.69) is 10.3 Å². The average Bonchev–Trinajstić information content (AvgIpc) is 2.68. The van der Waals surface area contributed by atoms with Crippen molar-refractivity contribution in [2.75, 3.05) is 7.05 Å². The van der Waals surface area contributed by atoms with Gasteiger partial charge in [0.2, 0.25) is 0 Å². The molecule has 0 saturated carbocycles. The summed E-state index contributed by atoms with van der Waals surface area (Å²) in [5.41, 5.74) is 2.14. The molecule has 0 aliphatic rings. The zero-order chi connectivity index (χ0) is 11.5. The molecule has 0 amide bonds. The normalized spacial score (nSPS) is 12.9. The van der Waals surface area contributed by atoms with Crippen LogP contribution in [0.15, 0.2) is 24.4 Å². The lowest BCUT2D eigenvalue weighted by Crippen LogP contribution is -2.28. The Bertz CT molecular complexity index is 507. The van der Waals surface area contributed by atoms with Gasteiger partial charge in [0.05, 0.1) is 6.04 Å². The summed E-state index contributed by atoms with van der Waals surface area (Å²) in [5, 5.41) is 4.74. The average molecular weight is 237 g/mol. The molecule has 4 heteroatoms. The minimum atomic E-state index is -0.155.